The van der Waals surface area contributed by atoms with Crippen molar-refractivity contribution in [3.8, 4) is 17.4 Å². The topological polar surface area (TPSA) is 139 Å². The van der Waals surface area contributed by atoms with Gasteiger partial charge in [-0.05, 0) is 86.3 Å². The van der Waals surface area contributed by atoms with Crippen LogP contribution in [0.1, 0.15) is 46.4 Å². The van der Waals surface area contributed by atoms with Crippen LogP contribution in [0, 0.1) is 0 Å². The lowest BCUT2D eigenvalue weighted by Crippen LogP contribution is -2.41. The molecule has 1 fully saturated rings. The Morgan fingerprint density at radius 1 is 0.818 bits per heavy atom. The number of halogens is 2. The SMILES string of the molecule is O=C(Nc1ccc(Cl)c(Cl)c1)NC1CCC(Oc2ccc(Oc3ccc(C(=O)Nc4ccccc4C(=O)O)cn3)cc2)CC1. The van der Waals surface area contributed by atoms with Crippen molar-refractivity contribution in [3.05, 3.63) is 106 Å². The van der Waals surface area contributed by atoms with Crippen LogP contribution >= 0.6 is 23.2 Å². The summed E-state index contributed by atoms with van der Waals surface area (Å²) in [4.78, 5) is 40.5. The van der Waals surface area contributed by atoms with E-state index in [2.05, 4.69) is 20.9 Å². The molecule has 0 spiro atoms. The van der Waals surface area contributed by atoms with Crippen molar-refractivity contribution >= 4 is 52.5 Å². The maximum atomic E-state index is 12.6. The lowest BCUT2D eigenvalue weighted by atomic mass is 9.93. The number of urea groups is 1. The molecule has 0 aliphatic heterocycles. The number of hydrogen-bond donors (Lipinski definition) is 4. The van der Waals surface area contributed by atoms with Gasteiger partial charge in [-0.1, -0.05) is 35.3 Å². The molecule has 0 unspecified atom stereocenters. The van der Waals surface area contributed by atoms with Gasteiger partial charge in [-0.2, -0.15) is 0 Å². The summed E-state index contributed by atoms with van der Waals surface area (Å²) in [6.45, 7) is 0. The van der Waals surface area contributed by atoms with Crippen LogP contribution in [0.15, 0.2) is 85.1 Å². The summed E-state index contributed by atoms with van der Waals surface area (Å²) in [5.41, 5.74) is 1.00. The third-order valence-electron chi connectivity index (χ3n) is 6.94. The Hall–Kier alpha value is -4.80. The summed E-state index contributed by atoms with van der Waals surface area (Å²) < 4.78 is 11.9. The van der Waals surface area contributed by atoms with E-state index < -0.39 is 11.9 Å². The van der Waals surface area contributed by atoms with Gasteiger partial charge < -0.3 is 30.5 Å². The largest absolute Gasteiger partial charge is 0.490 e. The van der Waals surface area contributed by atoms with Gasteiger partial charge in [0.15, 0.2) is 0 Å². The summed E-state index contributed by atoms with van der Waals surface area (Å²) in [7, 11) is 0. The lowest BCUT2D eigenvalue weighted by molar-refractivity contribution is 0.0698. The molecule has 1 aliphatic rings. The average molecular weight is 636 g/mol. The first-order valence-corrected chi connectivity index (χ1v) is 14.6. The number of aromatic nitrogens is 1. The minimum Gasteiger partial charge on any atom is -0.490 e. The molecular formula is C32H28Cl2N4O6. The van der Waals surface area contributed by atoms with Crippen LogP contribution in [-0.2, 0) is 0 Å². The predicted molar refractivity (Wildman–Crippen MR) is 167 cm³/mol. The number of para-hydroxylation sites is 1. The number of nitrogens with one attached hydrogen (secondary N) is 3. The maximum Gasteiger partial charge on any atom is 0.337 e. The molecule has 3 aromatic carbocycles. The quantitative estimate of drug-likeness (QED) is 0.148. The van der Waals surface area contributed by atoms with Crippen molar-refractivity contribution in [2.45, 2.75) is 37.8 Å². The smallest absolute Gasteiger partial charge is 0.337 e. The molecule has 1 heterocycles. The summed E-state index contributed by atoms with van der Waals surface area (Å²) >= 11 is 11.9. The number of carbonyl (C=O) groups is 3. The van der Waals surface area contributed by atoms with E-state index in [1.54, 1.807) is 54.6 Å². The van der Waals surface area contributed by atoms with E-state index in [0.717, 1.165) is 25.7 Å². The number of carboxylic acids is 1. The number of anilines is 2. The third kappa shape index (κ3) is 8.18. The number of carboxylic acid groups (broad SMARTS) is 1. The van der Waals surface area contributed by atoms with E-state index >= 15 is 0 Å². The third-order valence-corrected chi connectivity index (χ3v) is 7.68. The van der Waals surface area contributed by atoms with Crippen molar-refractivity contribution in [3.63, 3.8) is 0 Å². The van der Waals surface area contributed by atoms with Crippen LogP contribution < -0.4 is 25.4 Å². The molecule has 5 rings (SSSR count). The molecule has 226 valence electrons. The molecule has 1 aromatic heterocycles. The fourth-order valence-electron chi connectivity index (χ4n) is 4.70. The van der Waals surface area contributed by atoms with Gasteiger partial charge in [0.1, 0.15) is 11.5 Å². The van der Waals surface area contributed by atoms with Crippen molar-refractivity contribution in [2.75, 3.05) is 10.6 Å². The average Bonchev–Trinajstić information content (AvgIpc) is 3.01. The first-order valence-electron chi connectivity index (χ1n) is 13.8. The van der Waals surface area contributed by atoms with Gasteiger partial charge >= 0.3 is 12.0 Å². The van der Waals surface area contributed by atoms with Crippen molar-refractivity contribution in [2.24, 2.45) is 0 Å². The van der Waals surface area contributed by atoms with E-state index in [-0.39, 0.29) is 40.9 Å². The number of ether oxygens (including phenoxy) is 2. The van der Waals surface area contributed by atoms with Gasteiger partial charge in [0.2, 0.25) is 5.88 Å². The zero-order chi connectivity index (χ0) is 31.1. The summed E-state index contributed by atoms with van der Waals surface area (Å²) in [5.74, 6) is -0.0973. The lowest BCUT2D eigenvalue weighted by Gasteiger charge is -2.29. The first kappa shape index (κ1) is 30.7. The monoisotopic (exact) mass is 634 g/mol. The van der Waals surface area contributed by atoms with E-state index in [4.69, 9.17) is 32.7 Å². The Kier molecular flexibility index (Phi) is 9.83. The van der Waals surface area contributed by atoms with E-state index in [0.29, 0.717) is 27.2 Å². The second kappa shape index (κ2) is 14.1. The van der Waals surface area contributed by atoms with Crippen molar-refractivity contribution < 1.29 is 29.0 Å². The fourth-order valence-corrected chi connectivity index (χ4v) is 5.00. The number of benzene rings is 3. The predicted octanol–water partition coefficient (Wildman–Crippen LogP) is 7.64. The number of aromatic carboxylic acids is 1. The van der Waals surface area contributed by atoms with E-state index in [1.807, 2.05) is 12.1 Å². The van der Waals surface area contributed by atoms with Crippen LogP contribution in [0.2, 0.25) is 10.0 Å². The number of nitrogens with zero attached hydrogens (tertiary/aromatic N) is 1. The number of carbonyl (C=O) groups excluding carboxylic acids is 2. The molecule has 4 N–H and O–H groups in total. The minimum absolute atomic E-state index is 0.00693. The van der Waals surface area contributed by atoms with Crippen LogP contribution in [0.3, 0.4) is 0 Å². The second-order valence-electron chi connectivity index (χ2n) is 10.1. The highest BCUT2D eigenvalue weighted by Gasteiger charge is 2.24. The Morgan fingerprint density at radius 3 is 2.23 bits per heavy atom. The molecule has 12 heteroatoms. The van der Waals surface area contributed by atoms with Crippen LogP contribution in [0.4, 0.5) is 16.2 Å². The van der Waals surface area contributed by atoms with Gasteiger partial charge in [-0.25, -0.2) is 14.6 Å². The second-order valence-corrected chi connectivity index (χ2v) is 10.9. The van der Waals surface area contributed by atoms with Crippen LogP contribution in [0.25, 0.3) is 0 Å². The maximum absolute atomic E-state index is 12.6. The van der Waals surface area contributed by atoms with Crippen LogP contribution in [0.5, 0.6) is 17.4 Å². The number of pyridine rings is 1. The summed E-state index contributed by atoms with van der Waals surface area (Å²) in [5, 5.41) is 18.5. The first-order chi connectivity index (χ1) is 21.2. The normalized spacial score (nSPS) is 16.0. The zero-order valence-corrected chi connectivity index (χ0v) is 24.8. The highest BCUT2D eigenvalue weighted by atomic mass is 35.5. The Bertz CT molecular complexity index is 1640. The zero-order valence-electron chi connectivity index (χ0n) is 23.3. The van der Waals surface area contributed by atoms with E-state index in [9.17, 15) is 19.5 Å². The molecule has 44 heavy (non-hydrogen) atoms. The molecule has 1 saturated carbocycles. The van der Waals surface area contributed by atoms with Gasteiger partial charge in [-0.3, -0.25) is 4.79 Å². The molecule has 4 aromatic rings. The molecule has 10 nitrogen and oxygen atoms in total. The Balaban J connectivity index is 1.06. The molecule has 0 atom stereocenters. The van der Waals surface area contributed by atoms with Crippen molar-refractivity contribution in [1.82, 2.24) is 10.3 Å². The molecular weight excluding hydrogens is 607 g/mol. The van der Waals surface area contributed by atoms with Gasteiger partial charge in [0, 0.05) is 24.0 Å². The highest BCUT2D eigenvalue weighted by Crippen LogP contribution is 2.28. The number of hydrogen-bond acceptors (Lipinski definition) is 6. The summed E-state index contributed by atoms with van der Waals surface area (Å²) in [6.07, 6.45) is 4.54. The van der Waals surface area contributed by atoms with Crippen molar-refractivity contribution in [1.29, 1.82) is 0 Å². The van der Waals surface area contributed by atoms with Crippen LogP contribution in [-0.4, -0.2) is 40.1 Å². The standard InChI is InChI=1S/C32H28Cl2N4O6/c33-26-15-8-21(17-27(26)34)37-32(42)36-20-6-9-22(10-7-20)43-23-11-13-24(14-12-23)44-29-16-5-19(18-35-29)30(39)38-28-4-2-1-3-25(28)31(40)41/h1-5,8,11-18,20,22H,6-7,9-10H2,(H,38,39)(H,40,41)(H2,36,37,42). The molecule has 0 bridgehead atoms. The molecule has 0 radical (unpaired) electrons. The highest BCUT2D eigenvalue weighted by molar-refractivity contribution is 6.42. The number of rotatable bonds is 9. The minimum atomic E-state index is -1.14. The summed E-state index contributed by atoms with van der Waals surface area (Å²) in [6, 6.07) is 21.1. The van der Waals surface area contributed by atoms with Gasteiger partial charge in [-0.15, -0.1) is 0 Å². The van der Waals surface area contributed by atoms with Gasteiger partial charge in [0.25, 0.3) is 5.91 Å². The van der Waals surface area contributed by atoms with E-state index in [1.165, 1.54) is 18.3 Å². The molecule has 0 saturated heterocycles. The number of amides is 3. The molecule has 1 aliphatic carbocycles. The Morgan fingerprint density at radius 2 is 1.55 bits per heavy atom. The van der Waals surface area contributed by atoms with Gasteiger partial charge in [0.05, 0.1) is 33.0 Å². The Labute approximate surface area is 263 Å². The molecule has 3 amide bonds. The fraction of sp³-hybridized carbons (Fsp3) is 0.188.